The number of ether oxygens (including phenoxy) is 1. The number of rotatable bonds is 4. The lowest BCUT2D eigenvalue weighted by atomic mass is 10.1. The number of benzene rings is 1. The lowest BCUT2D eigenvalue weighted by Crippen LogP contribution is -2.02. The molecule has 0 unspecified atom stereocenters. The molecule has 1 aromatic heterocycles. The summed E-state index contributed by atoms with van der Waals surface area (Å²) in [7, 11) is 0. The third-order valence-electron chi connectivity index (χ3n) is 3.08. The summed E-state index contributed by atoms with van der Waals surface area (Å²) in [4.78, 5) is 19.6. The van der Waals surface area contributed by atoms with E-state index in [0.29, 0.717) is 5.75 Å². The molecular weight excluding hydrogens is 268 g/mol. The fraction of sp³-hybridized carbons (Fsp3) is 0.312. The zero-order chi connectivity index (χ0) is 15.6. The lowest BCUT2D eigenvalue weighted by Gasteiger charge is -2.11. The normalized spacial score (nSPS) is 10.7. The molecule has 0 radical (unpaired) electrons. The van der Waals surface area contributed by atoms with E-state index in [9.17, 15) is 4.79 Å². The van der Waals surface area contributed by atoms with Crippen molar-refractivity contribution < 1.29 is 14.6 Å². The number of nitrogens with zero attached hydrogens (tertiary/aromatic N) is 2. The fourth-order valence-corrected chi connectivity index (χ4v) is 1.85. The Morgan fingerprint density at radius 2 is 1.90 bits per heavy atom. The van der Waals surface area contributed by atoms with E-state index < -0.39 is 5.97 Å². The molecule has 5 nitrogen and oxygen atoms in total. The van der Waals surface area contributed by atoms with Crippen LogP contribution < -0.4 is 4.74 Å². The molecular formula is C16H18N2O3. The molecule has 0 saturated heterocycles. The minimum atomic E-state index is -0.993. The van der Waals surface area contributed by atoms with Gasteiger partial charge >= 0.3 is 12.0 Å². The minimum Gasteiger partial charge on any atom is -0.478 e. The smallest absolute Gasteiger partial charge is 0.335 e. The Morgan fingerprint density at radius 1 is 1.19 bits per heavy atom. The van der Waals surface area contributed by atoms with Gasteiger partial charge in [0.1, 0.15) is 5.75 Å². The third-order valence-corrected chi connectivity index (χ3v) is 3.08. The second-order valence-corrected chi connectivity index (χ2v) is 5.26. The van der Waals surface area contributed by atoms with E-state index in [-0.39, 0.29) is 17.5 Å². The van der Waals surface area contributed by atoms with E-state index in [4.69, 9.17) is 9.84 Å². The van der Waals surface area contributed by atoms with Crippen molar-refractivity contribution in [2.75, 3.05) is 0 Å². The van der Waals surface area contributed by atoms with Crippen LogP contribution in [-0.2, 0) is 0 Å². The topological polar surface area (TPSA) is 72.3 Å². The molecule has 1 N–H and O–H groups in total. The van der Waals surface area contributed by atoms with Crippen molar-refractivity contribution in [3.8, 4) is 11.8 Å². The van der Waals surface area contributed by atoms with Crippen molar-refractivity contribution in [2.45, 2.75) is 33.6 Å². The molecule has 0 aliphatic rings. The summed E-state index contributed by atoms with van der Waals surface area (Å²) in [6.07, 6.45) is 0. The highest BCUT2D eigenvalue weighted by molar-refractivity contribution is 5.88. The first kappa shape index (κ1) is 15.0. The summed E-state index contributed by atoms with van der Waals surface area (Å²) in [6, 6.07) is 6.89. The van der Waals surface area contributed by atoms with Gasteiger partial charge in [0.25, 0.3) is 0 Å². The zero-order valence-corrected chi connectivity index (χ0v) is 12.5. The molecule has 5 heteroatoms. The highest BCUT2D eigenvalue weighted by Gasteiger charge is 2.11. The van der Waals surface area contributed by atoms with Gasteiger partial charge in [-0.2, -0.15) is 4.98 Å². The van der Waals surface area contributed by atoms with Gasteiger partial charge in [0.15, 0.2) is 0 Å². The Bertz CT molecular complexity index is 681. The van der Waals surface area contributed by atoms with E-state index in [1.807, 2.05) is 33.8 Å². The van der Waals surface area contributed by atoms with E-state index in [1.165, 1.54) is 6.07 Å². The van der Waals surface area contributed by atoms with Crippen LogP contribution in [-0.4, -0.2) is 21.0 Å². The van der Waals surface area contributed by atoms with Crippen molar-refractivity contribution in [1.29, 1.82) is 0 Å². The Kier molecular flexibility index (Phi) is 4.21. The largest absolute Gasteiger partial charge is 0.478 e. The first-order chi connectivity index (χ1) is 9.86. The minimum absolute atomic E-state index is 0.173. The van der Waals surface area contributed by atoms with Crippen molar-refractivity contribution in [3.63, 3.8) is 0 Å². The van der Waals surface area contributed by atoms with Gasteiger partial charge in [-0.1, -0.05) is 19.9 Å². The molecule has 0 spiro atoms. The van der Waals surface area contributed by atoms with E-state index in [2.05, 4.69) is 9.97 Å². The number of aromatic carboxylic acids is 1. The summed E-state index contributed by atoms with van der Waals surface area (Å²) >= 11 is 0. The fourth-order valence-electron chi connectivity index (χ4n) is 1.85. The van der Waals surface area contributed by atoms with Crippen LogP contribution in [0.5, 0.6) is 11.8 Å². The van der Waals surface area contributed by atoms with Gasteiger partial charge in [-0.05, 0) is 43.5 Å². The van der Waals surface area contributed by atoms with Crippen molar-refractivity contribution >= 4 is 5.97 Å². The van der Waals surface area contributed by atoms with Gasteiger partial charge in [0.2, 0.25) is 0 Å². The van der Waals surface area contributed by atoms with Gasteiger partial charge in [-0.15, -0.1) is 0 Å². The Balaban J connectivity index is 2.38. The molecule has 21 heavy (non-hydrogen) atoms. The van der Waals surface area contributed by atoms with Crippen LogP contribution in [0.1, 0.15) is 47.1 Å². The maximum atomic E-state index is 11.0. The number of aromatic nitrogens is 2. The van der Waals surface area contributed by atoms with Crippen LogP contribution in [0.3, 0.4) is 0 Å². The van der Waals surface area contributed by atoms with Crippen molar-refractivity contribution in [3.05, 3.63) is 46.8 Å². The quantitative estimate of drug-likeness (QED) is 0.927. The van der Waals surface area contributed by atoms with Gasteiger partial charge < -0.3 is 9.84 Å². The molecule has 0 amide bonds. The number of carbonyl (C=O) groups is 1. The van der Waals surface area contributed by atoms with Crippen molar-refractivity contribution in [2.24, 2.45) is 0 Å². The summed E-state index contributed by atoms with van der Waals surface area (Å²) in [5.74, 6) is -0.274. The standard InChI is InChI=1S/C16H18N2O3/c1-9(2)13-7-11(4)17-16(18-13)21-14-8-12(15(19)20)6-5-10(14)3/h5-9H,1-4H3,(H,19,20). The summed E-state index contributed by atoms with van der Waals surface area (Å²) in [6.45, 7) is 7.81. The number of aryl methyl sites for hydroxylation is 2. The molecule has 2 aromatic rings. The average Bonchev–Trinajstić information content (AvgIpc) is 2.40. The highest BCUT2D eigenvalue weighted by atomic mass is 16.5. The second kappa shape index (κ2) is 5.91. The molecule has 0 aliphatic heterocycles. The van der Waals surface area contributed by atoms with Crippen molar-refractivity contribution in [1.82, 2.24) is 9.97 Å². The summed E-state index contributed by atoms with van der Waals surface area (Å²) < 4.78 is 5.69. The van der Waals surface area contributed by atoms with Gasteiger partial charge in [-0.25, -0.2) is 9.78 Å². The molecule has 1 aromatic carbocycles. The van der Waals surface area contributed by atoms with Crippen LogP contribution in [0.4, 0.5) is 0 Å². The first-order valence-electron chi connectivity index (χ1n) is 6.74. The van der Waals surface area contributed by atoms with Crippen LogP contribution >= 0.6 is 0 Å². The average molecular weight is 286 g/mol. The molecule has 0 bridgehead atoms. The zero-order valence-electron chi connectivity index (χ0n) is 12.5. The van der Waals surface area contributed by atoms with E-state index in [1.54, 1.807) is 12.1 Å². The third kappa shape index (κ3) is 3.56. The molecule has 110 valence electrons. The van der Waals surface area contributed by atoms with Crippen LogP contribution in [0.15, 0.2) is 24.3 Å². The van der Waals surface area contributed by atoms with Gasteiger partial charge in [-0.3, -0.25) is 0 Å². The van der Waals surface area contributed by atoms with Crippen LogP contribution in [0.25, 0.3) is 0 Å². The van der Waals surface area contributed by atoms with Gasteiger partial charge in [0, 0.05) is 5.69 Å². The molecule has 0 aliphatic carbocycles. The maximum absolute atomic E-state index is 11.0. The van der Waals surface area contributed by atoms with Crippen LogP contribution in [0.2, 0.25) is 0 Å². The second-order valence-electron chi connectivity index (χ2n) is 5.26. The summed E-state index contributed by atoms with van der Waals surface area (Å²) in [5, 5.41) is 9.04. The maximum Gasteiger partial charge on any atom is 0.335 e. The van der Waals surface area contributed by atoms with Gasteiger partial charge in [0.05, 0.1) is 11.3 Å². The molecule has 0 saturated carbocycles. The highest BCUT2D eigenvalue weighted by Crippen LogP contribution is 2.25. The number of carboxylic acid groups (broad SMARTS) is 1. The predicted octanol–water partition coefficient (Wildman–Crippen LogP) is 3.71. The Labute approximate surface area is 123 Å². The SMILES string of the molecule is Cc1cc(C(C)C)nc(Oc2cc(C(=O)O)ccc2C)n1. The molecule has 2 rings (SSSR count). The number of hydrogen-bond donors (Lipinski definition) is 1. The Hall–Kier alpha value is -2.43. The van der Waals surface area contributed by atoms with E-state index >= 15 is 0 Å². The molecule has 0 fully saturated rings. The molecule has 1 heterocycles. The molecule has 0 atom stereocenters. The number of hydrogen-bond acceptors (Lipinski definition) is 4. The monoisotopic (exact) mass is 286 g/mol. The van der Waals surface area contributed by atoms with Crippen LogP contribution in [0, 0.1) is 13.8 Å². The first-order valence-corrected chi connectivity index (χ1v) is 6.74. The Morgan fingerprint density at radius 3 is 2.52 bits per heavy atom. The summed E-state index contributed by atoms with van der Waals surface area (Å²) in [5.41, 5.74) is 2.71. The lowest BCUT2D eigenvalue weighted by molar-refractivity contribution is 0.0696. The number of carboxylic acids is 1. The predicted molar refractivity (Wildman–Crippen MR) is 79.1 cm³/mol. The van der Waals surface area contributed by atoms with E-state index in [0.717, 1.165) is 17.0 Å².